The van der Waals surface area contributed by atoms with E-state index in [9.17, 15) is 19.1 Å². The highest BCUT2D eigenvalue weighted by Crippen LogP contribution is 2.32. The molecule has 2 aromatic carbocycles. The van der Waals surface area contributed by atoms with Crippen molar-refractivity contribution in [1.29, 1.82) is 0 Å². The Kier molecular flexibility index (Phi) is 4.17. The van der Waals surface area contributed by atoms with Gasteiger partial charge in [-0.25, -0.2) is 9.29 Å². The molecule has 3 rings (SSSR count). The molecular formula is C16H9Cl2FN2O3. The lowest BCUT2D eigenvalue weighted by molar-refractivity contribution is -0.120. The van der Waals surface area contributed by atoms with Crippen molar-refractivity contribution in [3.8, 4) is 5.75 Å². The van der Waals surface area contributed by atoms with Crippen LogP contribution in [0.4, 0.5) is 15.8 Å². The Morgan fingerprint density at radius 2 is 1.79 bits per heavy atom. The van der Waals surface area contributed by atoms with E-state index in [1.165, 1.54) is 18.2 Å². The monoisotopic (exact) mass is 366 g/mol. The number of hydrogen-bond acceptors (Lipinski definition) is 4. The summed E-state index contributed by atoms with van der Waals surface area (Å²) in [5.41, 5.74) is 0.332. The molecule has 0 saturated carbocycles. The second-order valence-corrected chi connectivity index (χ2v) is 5.69. The fraction of sp³-hybridized carbons (Fsp3) is 0. The van der Waals surface area contributed by atoms with Crippen LogP contribution in [0.25, 0.3) is 0 Å². The number of nitrogens with zero attached hydrogens (tertiary/aromatic N) is 1. The van der Waals surface area contributed by atoms with Crippen LogP contribution < -0.4 is 10.2 Å². The first-order valence-corrected chi connectivity index (χ1v) is 7.43. The van der Waals surface area contributed by atoms with Crippen LogP contribution in [0.1, 0.15) is 0 Å². The number of carbonyl (C=O) groups excluding carboxylic acids is 2. The molecule has 0 atom stereocenters. The predicted octanol–water partition coefficient (Wildman–Crippen LogP) is 3.62. The number of imide groups is 1. The van der Waals surface area contributed by atoms with Crippen molar-refractivity contribution >= 4 is 46.4 Å². The van der Waals surface area contributed by atoms with Gasteiger partial charge in [0.25, 0.3) is 11.8 Å². The van der Waals surface area contributed by atoms with Crippen molar-refractivity contribution in [3.05, 3.63) is 64.0 Å². The third-order valence-electron chi connectivity index (χ3n) is 3.30. The summed E-state index contributed by atoms with van der Waals surface area (Å²) in [7, 11) is 0. The maximum Gasteiger partial charge on any atom is 0.283 e. The lowest BCUT2D eigenvalue weighted by atomic mass is 10.2. The summed E-state index contributed by atoms with van der Waals surface area (Å²) < 4.78 is 13.3. The van der Waals surface area contributed by atoms with Gasteiger partial charge in [-0.3, -0.25) is 9.59 Å². The smallest absolute Gasteiger partial charge is 0.283 e. The summed E-state index contributed by atoms with van der Waals surface area (Å²) in [6, 6.07) is 9.43. The molecule has 0 unspecified atom stereocenters. The number of amides is 2. The Bertz CT molecular complexity index is 899. The summed E-state index contributed by atoms with van der Waals surface area (Å²) >= 11 is 11.7. The molecule has 0 radical (unpaired) electrons. The largest absolute Gasteiger partial charge is 0.508 e. The first-order chi connectivity index (χ1) is 11.4. The van der Waals surface area contributed by atoms with Gasteiger partial charge in [0.2, 0.25) is 0 Å². The van der Waals surface area contributed by atoms with Gasteiger partial charge < -0.3 is 10.4 Å². The topological polar surface area (TPSA) is 69.6 Å². The maximum atomic E-state index is 13.3. The van der Waals surface area contributed by atoms with Gasteiger partial charge in [-0.1, -0.05) is 29.3 Å². The molecule has 122 valence electrons. The van der Waals surface area contributed by atoms with Crippen LogP contribution in [-0.2, 0) is 9.59 Å². The van der Waals surface area contributed by atoms with E-state index >= 15 is 0 Å². The number of phenolic OH excluding ortho intramolecular Hbond substituents is 1. The van der Waals surface area contributed by atoms with Crippen LogP contribution in [0, 0.1) is 5.82 Å². The minimum atomic E-state index is -0.757. The summed E-state index contributed by atoms with van der Waals surface area (Å²) in [5.74, 6) is -2.16. The highest BCUT2D eigenvalue weighted by atomic mass is 35.5. The van der Waals surface area contributed by atoms with Crippen LogP contribution >= 0.6 is 23.2 Å². The van der Waals surface area contributed by atoms with Gasteiger partial charge >= 0.3 is 0 Å². The Hall–Kier alpha value is -2.57. The first kappa shape index (κ1) is 16.3. The first-order valence-electron chi connectivity index (χ1n) is 6.68. The summed E-state index contributed by atoms with van der Waals surface area (Å²) in [4.78, 5) is 25.6. The number of hydrogen-bond donors (Lipinski definition) is 2. The highest BCUT2D eigenvalue weighted by molar-refractivity contribution is 6.53. The van der Waals surface area contributed by atoms with E-state index in [-0.39, 0.29) is 27.2 Å². The fourth-order valence-corrected chi connectivity index (χ4v) is 2.59. The number of aromatic hydroxyl groups is 1. The zero-order valence-corrected chi connectivity index (χ0v) is 13.4. The van der Waals surface area contributed by atoms with E-state index in [1.807, 2.05) is 0 Å². The normalized spacial score (nSPS) is 14.5. The molecule has 2 N–H and O–H groups in total. The molecule has 0 saturated heterocycles. The molecule has 2 amide bonds. The van der Waals surface area contributed by atoms with Gasteiger partial charge in [-0.2, -0.15) is 0 Å². The molecule has 5 nitrogen and oxygen atoms in total. The second kappa shape index (κ2) is 6.14. The molecule has 0 fully saturated rings. The number of phenols is 1. The van der Waals surface area contributed by atoms with Crippen molar-refractivity contribution in [1.82, 2.24) is 0 Å². The van der Waals surface area contributed by atoms with Crippen LogP contribution in [0.2, 0.25) is 5.02 Å². The van der Waals surface area contributed by atoms with Crippen LogP contribution in [0.3, 0.4) is 0 Å². The number of carbonyl (C=O) groups is 2. The molecule has 1 heterocycles. The Labute approximate surface area is 145 Å². The lowest BCUT2D eigenvalue weighted by Gasteiger charge is -2.15. The van der Waals surface area contributed by atoms with E-state index in [0.717, 1.165) is 17.0 Å². The van der Waals surface area contributed by atoms with Crippen LogP contribution in [0.15, 0.2) is 53.2 Å². The van der Waals surface area contributed by atoms with Gasteiger partial charge in [0.05, 0.1) is 10.7 Å². The Morgan fingerprint density at radius 3 is 2.46 bits per heavy atom. The maximum absolute atomic E-state index is 13.3. The van der Waals surface area contributed by atoms with E-state index in [0.29, 0.717) is 5.69 Å². The number of halogens is 3. The van der Waals surface area contributed by atoms with E-state index in [2.05, 4.69) is 5.32 Å². The van der Waals surface area contributed by atoms with Gasteiger partial charge in [0, 0.05) is 11.8 Å². The molecule has 0 bridgehead atoms. The van der Waals surface area contributed by atoms with Crippen molar-refractivity contribution in [3.63, 3.8) is 0 Å². The fourth-order valence-electron chi connectivity index (χ4n) is 2.20. The molecule has 0 spiro atoms. The van der Waals surface area contributed by atoms with Gasteiger partial charge in [-0.15, -0.1) is 0 Å². The minimum absolute atomic E-state index is 0.0179. The van der Waals surface area contributed by atoms with Crippen LogP contribution in [0.5, 0.6) is 5.75 Å². The van der Waals surface area contributed by atoms with Gasteiger partial charge in [0.1, 0.15) is 22.3 Å². The SMILES string of the molecule is O=C1C(Cl)=C(Nc2cccc(O)c2)C(=O)N1c1ccc(F)c(Cl)c1. The number of rotatable bonds is 3. The third kappa shape index (κ3) is 2.81. The van der Waals surface area contributed by atoms with Crippen molar-refractivity contribution < 1.29 is 19.1 Å². The second-order valence-electron chi connectivity index (χ2n) is 4.91. The summed E-state index contributed by atoms with van der Waals surface area (Å²) in [5, 5.41) is 11.6. The molecule has 8 heteroatoms. The van der Waals surface area contributed by atoms with E-state index in [1.54, 1.807) is 12.1 Å². The molecule has 1 aliphatic heterocycles. The number of nitrogens with one attached hydrogen (secondary N) is 1. The van der Waals surface area contributed by atoms with E-state index < -0.39 is 17.6 Å². The number of benzene rings is 2. The quantitative estimate of drug-likeness (QED) is 0.814. The van der Waals surface area contributed by atoms with Crippen molar-refractivity contribution in [2.24, 2.45) is 0 Å². The Morgan fingerprint density at radius 1 is 1.04 bits per heavy atom. The van der Waals surface area contributed by atoms with Crippen molar-refractivity contribution in [2.45, 2.75) is 0 Å². The predicted molar refractivity (Wildman–Crippen MR) is 88.5 cm³/mol. The average Bonchev–Trinajstić information content (AvgIpc) is 2.74. The third-order valence-corrected chi connectivity index (χ3v) is 3.94. The van der Waals surface area contributed by atoms with Gasteiger partial charge in [-0.05, 0) is 30.3 Å². The van der Waals surface area contributed by atoms with Gasteiger partial charge in [0.15, 0.2) is 0 Å². The molecular weight excluding hydrogens is 358 g/mol. The van der Waals surface area contributed by atoms with E-state index in [4.69, 9.17) is 23.2 Å². The zero-order valence-electron chi connectivity index (χ0n) is 11.9. The highest BCUT2D eigenvalue weighted by Gasteiger charge is 2.39. The average molecular weight is 367 g/mol. The molecule has 0 aliphatic carbocycles. The summed E-state index contributed by atoms with van der Waals surface area (Å²) in [6.45, 7) is 0. The Balaban J connectivity index is 1.94. The van der Waals surface area contributed by atoms with Crippen LogP contribution in [-0.4, -0.2) is 16.9 Å². The number of anilines is 2. The molecule has 1 aliphatic rings. The minimum Gasteiger partial charge on any atom is -0.508 e. The van der Waals surface area contributed by atoms with Crippen molar-refractivity contribution in [2.75, 3.05) is 10.2 Å². The summed E-state index contributed by atoms with van der Waals surface area (Å²) in [6.07, 6.45) is 0. The molecule has 2 aromatic rings. The zero-order chi connectivity index (χ0) is 17.4. The molecule has 0 aromatic heterocycles. The lowest BCUT2D eigenvalue weighted by Crippen LogP contribution is -2.32. The standard InChI is InChI=1S/C16H9Cl2FN2O3/c17-11-7-9(4-5-12(11)19)21-15(23)13(18)14(16(21)24)20-8-2-1-3-10(22)6-8/h1-7,20,22H. The molecule has 24 heavy (non-hydrogen) atoms.